The molecule has 0 unspecified atom stereocenters. The molecular formula is C16H16N2S2. The average Bonchev–Trinajstić information content (AvgIpc) is 2.45. The van der Waals surface area contributed by atoms with E-state index >= 15 is 0 Å². The van der Waals surface area contributed by atoms with Crippen LogP contribution in [-0.2, 0) is 5.75 Å². The normalized spacial score (nSPS) is 10.3. The lowest BCUT2D eigenvalue weighted by Gasteiger charge is -2.07. The highest BCUT2D eigenvalue weighted by atomic mass is 32.2. The van der Waals surface area contributed by atoms with Crippen molar-refractivity contribution in [3.8, 4) is 6.07 Å². The van der Waals surface area contributed by atoms with Gasteiger partial charge < -0.3 is 0 Å². The van der Waals surface area contributed by atoms with Crippen molar-refractivity contribution in [2.75, 3.05) is 6.26 Å². The standard InChI is InChI=1S/C16H16N2S2/c1-11-8-12(2)18-16(15(11)9-17)20-10-13-4-6-14(19-3)7-5-13/h4-8H,10H2,1-3H3. The Morgan fingerprint density at radius 3 is 2.50 bits per heavy atom. The van der Waals surface area contributed by atoms with E-state index in [0.29, 0.717) is 5.56 Å². The van der Waals surface area contributed by atoms with Crippen LogP contribution >= 0.6 is 23.5 Å². The number of nitriles is 1. The number of benzene rings is 1. The van der Waals surface area contributed by atoms with Gasteiger partial charge in [-0.1, -0.05) is 12.1 Å². The summed E-state index contributed by atoms with van der Waals surface area (Å²) >= 11 is 3.37. The van der Waals surface area contributed by atoms with E-state index in [1.807, 2.05) is 19.9 Å². The summed E-state index contributed by atoms with van der Waals surface area (Å²) in [6.07, 6.45) is 2.07. The summed E-state index contributed by atoms with van der Waals surface area (Å²) in [7, 11) is 0. The predicted molar refractivity (Wildman–Crippen MR) is 86.2 cm³/mol. The maximum absolute atomic E-state index is 9.25. The lowest BCUT2D eigenvalue weighted by atomic mass is 10.1. The SMILES string of the molecule is CSc1ccc(CSc2nc(C)cc(C)c2C#N)cc1. The molecule has 0 bridgehead atoms. The molecule has 1 aromatic carbocycles. The summed E-state index contributed by atoms with van der Waals surface area (Å²) in [6, 6.07) is 12.7. The van der Waals surface area contributed by atoms with Crippen LogP contribution in [0.4, 0.5) is 0 Å². The van der Waals surface area contributed by atoms with Crippen LogP contribution in [0.25, 0.3) is 0 Å². The molecular weight excluding hydrogens is 284 g/mol. The third-order valence-electron chi connectivity index (χ3n) is 2.96. The van der Waals surface area contributed by atoms with Gasteiger partial charge in [-0.15, -0.1) is 23.5 Å². The van der Waals surface area contributed by atoms with Crippen molar-refractivity contribution < 1.29 is 0 Å². The summed E-state index contributed by atoms with van der Waals surface area (Å²) in [6.45, 7) is 3.93. The molecule has 0 radical (unpaired) electrons. The van der Waals surface area contributed by atoms with Crippen molar-refractivity contribution in [3.05, 3.63) is 52.7 Å². The van der Waals surface area contributed by atoms with E-state index in [1.165, 1.54) is 10.5 Å². The number of rotatable bonds is 4. The van der Waals surface area contributed by atoms with Crippen molar-refractivity contribution >= 4 is 23.5 Å². The van der Waals surface area contributed by atoms with Gasteiger partial charge in [-0.2, -0.15) is 5.26 Å². The minimum atomic E-state index is 0.696. The van der Waals surface area contributed by atoms with Gasteiger partial charge in [-0.25, -0.2) is 4.98 Å². The Kier molecular flexibility index (Phi) is 5.11. The van der Waals surface area contributed by atoms with E-state index in [2.05, 4.69) is 41.6 Å². The highest BCUT2D eigenvalue weighted by Gasteiger charge is 2.09. The van der Waals surface area contributed by atoms with E-state index in [1.54, 1.807) is 23.5 Å². The third-order valence-corrected chi connectivity index (χ3v) is 4.75. The topological polar surface area (TPSA) is 36.7 Å². The maximum atomic E-state index is 9.25. The van der Waals surface area contributed by atoms with Crippen molar-refractivity contribution in [1.29, 1.82) is 5.26 Å². The Morgan fingerprint density at radius 1 is 1.20 bits per heavy atom. The summed E-state index contributed by atoms with van der Waals surface area (Å²) in [5.41, 5.74) is 3.90. The second-order valence-corrected chi connectivity index (χ2v) is 6.35. The molecule has 0 atom stereocenters. The molecule has 0 aliphatic rings. The zero-order valence-electron chi connectivity index (χ0n) is 11.8. The fraction of sp³-hybridized carbons (Fsp3) is 0.250. The second-order valence-electron chi connectivity index (χ2n) is 4.51. The van der Waals surface area contributed by atoms with Crippen LogP contribution in [0, 0.1) is 25.2 Å². The van der Waals surface area contributed by atoms with Crippen LogP contribution in [0.2, 0.25) is 0 Å². The fourth-order valence-electron chi connectivity index (χ4n) is 1.92. The fourth-order valence-corrected chi connectivity index (χ4v) is 3.38. The van der Waals surface area contributed by atoms with Crippen LogP contribution in [-0.4, -0.2) is 11.2 Å². The zero-order valence-corrected chi connectivity index (χ0v) is 13.4. The molecule has 0 aliphatic heterocycles. The van der Waals surface area contributed by atoms with Crippen LogP contribution in [0.5, 0.6) is 0 Å². The number of aryl methyl sites for hydroxylation is 2. The van der Waals surface area contributed by atoms with Crippen molar-refractivity contribution in [1.82, 2.24) is 4.98 Å². The van der Waals surface area contributed by atoms with Crippen LogP contribution in [0.1, 0.15) is 22.4 Å². The van der Waals surface area contributed by atoms with E-state index in [-0.39, 0.29) is 0 Å². The van der Waals surface area contributed by atoms with Gasteiger partial charge in [-0.3, -0.25) is 0 Å². The lowest BCUT2D eigenvalue weighted by molar-refractivity contribution is 1.03. The van der Waals surface area contributed by atoms with Gasteiger partial charge in [-0.05, 0) is 49.4 Å². The molecule has 20 heavy (non-hydrogen) atoms. The molecule has 102 valence electrons. The molecule has 0 amide bonds. The zero-order chi connectivity index (χ0) is 14.5. The van der Waals surface area contributed by atoms with Gasteiger partial charge in [0.15, 0.2) is 0 Å². The number of hydrogen-bond donors (Lipinski definition) is 0. The van der Waals surface area contributed by atoms with Gasteiger partial charge >= 0.3 is 0 Å². The van der Waals surface area contributed by atoms with Crippen LogP contribution in [0.3, 0.4) is 0 Å². The first kappa shape index (κ1) is 15.0. The summed E-state index contributed by atoms with van der Waals surface area (Å²) in [5.74, 6) is 0.833. The molecule has 0 fully saturated rings. The Balaban J connectivity index is 2.16. The Morgan fingerprint density at radius 2 is 1.90 bits per heavy atom. The number of hydrogen-bond acceptors (Lipinski definition) is 4. The lowest BCUT2D eigenvalue weighted by Crippen LogP contribution is -1.94. The molecule has 0 saturated heterocycles. The first-order valence-corrected chi connectivity index (χ1v) is 8.49. The highest BCUT2D eigenvalue weighted by Crippen LogP contribution is 2.27. The molecule has 2 nitrogen and oxygen atoms in total. The summed E-state index contributed by atoms with van der Waals surface area (Å²) in [5, 5.41) is 10.1. The maximum Gasteiger partial charge on any atom is 0.115 e. The minimum absolute atomic E-state index is 0.696. The van der Waals surface area contributed by atoms with Gasteiger partial charge in [0.25, 0.3) is 0 Å². The van der Waals surface area contributed by atoms with Gasteiger partial charge in [0.2, 0.25) is 0 Å². The second kappa shape index (κ2) is 6.83. The van der Waals surface area contributed by atoms with Crippen molar-refractivity contribution in [2.45, 2.75) is 29.5 Å². The molecule has 1 aromatic heterocycles. The van der Waals surface area contributed by atoms with Crippen LogP contribution < -0.4 is 0 Å². The number of pyridine rings is 1. The first-order chi connectivity index (χ1) is 9.63. The molecule has 2 rings (SSSR count). The Bertz CT molecular complexity index is 643. The van der Waals surface area contributed by atoms with E-state index < -0.39 is 0 Å². The van der Waals surface area contributed by atoms with E-state index in [0.717, 1.165) is 22.0 Å². The molecule has 2 aromatic rings. The van der Waals surface area contributed by atoms with Crippen molar-refractivity contribution in [3.63, 3.8) is 0 Å². The highest BCUT2D eigenvalue weighted by molar-refractivity contribution is 7.98. The van der Waals surface area contributed by atoms with Gasteiger partial charge in [0.05, 0.1) is 5.56 Å². The van der Waals surface area contributed by atoms with Crippen molar-refractivity contribution in [2.24, 2.45) is 0 Å². The monoisotopic (exact) mass is 300 g/mol. The molecule has 0 spiro atoms. The molecule has 0 N–H and O–H groups in total. The Labute approximate surface area is 128 Å². The number of aromatic nitrogens is 1. The molecule has 0 aliphatic carbocycles. The van der Waals surface area contributed by atoms with E-state index in [9.17, 15) is 5.26 Å². The smallest absolute Gasteiger partial charge is 0.115 e. The number of thioether (sulfide) groups is 2. The Hall–Kier alpha value is -1.44. The van der Waals surface area contributed by atoms with Gasteiger partial charge in [0.1, 0.15) is 11.1 Å². The molecule has 0 saturated carbocycles. The number of nitrogens with zero attached hydrogens (tertiary/aromatic N) is 2. The quantitative estimate of drug-likeness (QED) is 0.774. The molecule has 4 heteroatoms. The predicted octanol–water partition coefficient (Wildman–Crippen LogP) is 4.58. The largest absolute Gasteiger partial charge is 0.245 e. The average molecular weight is 300 g/mol. The van der Waals surface area contributed by atoms with E-state index in [4.69, 9.17) is 0 Å². The third kappa shape index (κ3) is 3.56. The summed E-state index contributed by atoms with van der Waals surface area (Å²) < 4.78 is 0. The first-order valence-electron chi connectivity index (χ1n) is 6.28. The molecule has 1 heterocycles. The summed E-state index contributed by atoms with van der Waals surface area (Å²) in [4.78, 5) is 5.75. The van der Waals surface area contributed by atoms with Gasteiger partial charge in [0, 0.05) is 16.3 Å². The minimum Gasteiger partial charge on any atom is -0.245 e. The van der Waals surface area contributed by atoms with Crippen LogP contribution in [0.15, 0.2) is 40.3 Å².